The van der Waals surface area contributed by atoms with E-state index < -0.39 is 0 Å². The van der Waals surface area contributed by atoms with Gasteiger partial charge in [-0.15, -0.1) is 0 Å². The van der Waals surface area contributed by atoms with Crippen LogP contribution < -0.4 is 5.56 Å². The zero-order chi connectivity index (χ0) is 19.7. The Balaban J connectivity index is 1.90. The van der Waals surface area contributed by atoms with Gasteiger partial charge in [0.1, 0.15) is 5.82 Å². The Kier molecular flexibility index (Phi) is 5.20. The highest BCUT2D eigenvalue weighted by Crippen LogP contribution is 2.37. The Morgan fingerprint density at radius 1 is 1.07 bits per heavy atom. The molecule has 140 valence electrons. The summed E-state index contributed by atoms with van der Waals surface area (Å²) < 4.78 is 1.59. The summed E-state index contributed by atoms with van der Waals surface area (Å²) in [6.45, 7) is 4.03. The van der Waals surface area contributed by atoms with Gasteiger partial charge in [0.05, 0.1) is 10.9 Å². The standard InChI is InChI=1S/C22H18ClN3OS/c1-14-11-12-24-20(13-14)26-21(27)17-8-4-6-10-19(17)25-22(26)28-15(2)16-7-3-5-9-18(16)23/h3-13,15H,1-2H3. The molecular weight excluding hydrogens is 390 g/mol. The van der Waals surface area contributed by atoms with Crippen LogP contribution in [0.3, 0.4) is 0 Å². The van der Waals surface area contributed by atoms with Crippen molar-refractivity contribution >= 4 is 34.3 Å². The largest absolute Gasteiger partial charge is 0.268 e. The molecule has 1 atom stereocenters. The summed E-state index contributed by atoms with van der Waals surface area (Å²) in [4.78, 5) is 22.5. The molecule has 0 fully saturated rings. The van der Waals surface area contributed by atoms with Crippen LogP contribution in [-0.4, -0.2) is 14.5 Å². The molecule has 28 heavy (non-hydrogen) atoms. The van der Waals surface area contributed by atoms with Gasteiger partial charge in [-0.3, -0.25) is 4.79 Å². The molecule has 0 spiro atoms. The molecule has 2 aromatic heterocycles. The highest BCUT2D eigenvalue weighted by Gasteiger charge is 2.18. The lowest BCUT2D eigenvalue weighted by Gasteiger charge is -2.17. The van der Waals surface area contributed by atoms with Crippen LogP contribution in [0, 0.1) is 6.92 Å². The zero-order valence-electron chi connectivity index (χ0n) is 15.5. The van der Waals surface area contributed by atoms with Crippen molar-refractivity contribution in [3.63, 3.8) is 0 Å². The summed E-state index contributed by atoms with van der Waals surface area (Å²) in [7, 11) is 0. The smallest absolute Gasteiger partial charge is 0.267 e. The lowest BCUT2D eigenvalue weighted by Crippen LogP contribution is -2.23. The van der Waals surface area contributed by atoms with Crippen molar-refractivity contribution in [1.29, 1.82) is 0 Å². The number of halogens is 1. The summed E-state index contributed by atoms with van der Waals surface area (Å²) in [5.41, 5.74) is 2.57. The maximum atomic E-state index is 13.3. The van der Waals surface area contributed by atoms with E-state index in [2.05, 4.69) is 11.9 Å². The second-order valence-electron chi connectivity index (χ2n) is 6.53. The average Bonchev–Trinajstić information content (AvgIpc) is 2.68. The van der Waals surface area contributed by atoms with Gasteiger partial charge in [-0.25, -0.2) is 14.5 Å². The van der Waals surface area contributed by atoms with E-state index >= 15 is 0 Å². The first-order valence-electron chi connectivity index (χ1n) is 8.90. The van der Waals surface area contributed by atoms with Crippen molar-refractivity contribution in [2.24, 2.45) is 0 Å². The fourth-order valence-electron chi connectivity index (χ4n) is 3.06. The number of thioether (sulfide) groups is 1. The summed E-state index contributed by atoms with van der Waals surface area (Å²) >= 11 is 7.87. The minimum atomic E-state index is -0.127. The maximum absolute atomic E-state index is 13.3. The lowest BCUT2D eigenvalue weighted by molar-refractivity contribution is 0.791. The number of hydrogen-bond acceptors (Lipinski definition) is 4. The number of fused-ring (bicyclic) bond motifs is 1. The molecule has 2 heterocycles. The molecule has 0 aliphatic heterocycles. The molecular formula is C22H18ClN3OS. The van der Waals surface area contributed by atoms with Crippen LogP contribution in [0.5, 0.6) is 0 Å². The fourth-order valence-corrected chi connectivity index (χ4v) is 4.51. The summed E-state index contributed by atoms with van der Waals surface area (Å²) in [6.07, 6.45) is 1.71. The molecule has 0 bridgehead atoms. The van der Waals surface area contributed by atoms with Crippen LogP contribution in [0.4, 0.5) is 0 Å². The van der Waals surface area contributed by atoms with E-state index in [1.165, 1.54) is 11.8 Å². The second-order valence-corrected chi connectivity index (χ2v) is 8.24. The topological polar surface area (TPSA) is 47.8 Å². The first kappa shape index (κ1) is 18.7. The Morgan fingerprint density at radius 2 is 1.82 bits per heavy atom. The average molecular weight is 408 g/mol. The third-order valence-electron chi connectivity index (χ3n) is 4.50. The molecule has 0 aliphatic carbocycles. The Labute approximate surface area is 172 Å². The minimum Gasteiger partial charge on any atom is -0.268 e. The minimum absolute atomic E-state index is 0.0119. The van der Waals surface area contributed by atoms with Crippen molar-refractivity contribution in [2.45, 2.75) is 24.3 Å². The van der Waals surface area contributed by atoms with E-state index in [-0.39, 0.29) is 10.8 Å². The second kappa shape index (κ2) is 7.78. The predicted octanol–water partition coefficient (Wildman–Crippen LogP) is 5.60. The van der Waals surface area contributed by atoms with Gasteiger partial charge in [0, 0.05) is 16.5 Å². The van der Waals surface area contributed by atoms with Crippen LogP contribution in [-0.2, 0) is 0 Å². The van der Waals surface area contributed by atoms with Gasteiger partial charge in [0.25, 0.3) is 5.56 Å². The van der Waals surface area contributed by atoms with Gasteiger partial charge in [-0.2, -0.15) is 0 Å². The van der Waals surface area contributed by atoms with Gasteiger partial charge in [0.2, 0.25) is 0 Å². The number of rotatable bonds is 4. The first-order chi connectivity index (χ1) is 13.5. The molecule has 0 saturated carbocycles. The highest BCUT2D eigenvalue weighted by atomic mass is 35.5. The SMILES string of the molecule is Cc1ccnc(-n2c(SC(C)c3ccccc3Cl)nc3ccccc3c2=O)c1. The van der Waals surface area contributed by atoms with Gasteiger partial charge in [0.15, 0.2) is 5.16 Å². The third kappa shape index (κ3) is 3.55. The molecule has 4 aromatic rings. The Hall–Kier alpha value is -2.63. The molecule has 4 rings (SSSR count). The lowest BCUT2D eigenvalue weighted by atomic mass is 10.2. The van der Waals surface area contributed by atoms with Crippen molar-refractivity contribution < 1.29 is 0 Å². The van der Waals surface area contributed by atoms with E-state index in [1.807, 2.05) is 61.5 Å². The first-order valence-corrected chi connectivity index (χ1v) is 10.2. The van der Waals surface area contributed by atoms with E-state index in [9.17, 15) is 4.79 Å². The Morgan fingerprint density at radius 3 is 2.61 bits per heavy atom. The van der Waals surface area contributed by atoms with Crippen molar-refractivity contribution in [3.8, 4) is 5.82 Å². The van der Waals surface area contributed by atoms with Crippen molar-refractivity contribution in [3.05, 3.63) is 93.4 Å². The van der Waals surface area contributed by atoms with E-state index in [0.29, 0.717) is 26.9 Å². The van der Waals surface area contributed by atoms with Crippen LogP contribution in [0.15, 0.2) is 76.8 Å². The summed E-state index contributed by atoms with van der Waals surface area (Å²) in [5, 5.41) is 1.87. The number of benzene rings is 2. The third-order valence-corrected chi connectivity index (χ3v) is 5.94. The molecule has 0 aliphatic rings. The number of hydrogen-bond donors (Lipinski definition) is 0. The molecule has 0 amide bonds. The fraction of sp³-hybridized carbons (Fsp3) is 0.136. The quantitative estimate of drug-likeness (QED) is 0.326. The number of aryl methyl sites for hydroxylation is 1. The van der Waals surface area contributed by atoms with Crippen molar-refractivity contribution in [2.75, 3.05) is 0 Å². The number of para-hydroxylation sites is 1. The Bertz CT molecular complexity index is 1220. The molecule has 2 aromatic carbocycles. The normalized spacial score (nSPS) is 12.2. The van der Waals surface area contributed by atoms with E-state index in [4.69, 9.17) is 16.6 Å². The monoisotopic (exact) mass is 407 g/mol. The summed E-state index contributed by atoms with van der Waals surface area (Å²) in [5.74, 6) is 0.567. The van der Waals surface area contributed by atoms with Crippen molar-refractivity contribution in [1.82, 2.24) is 14.5 Å². The van der Waals surface area contributed by atoms with E-state index in [0.717, 1.165) is 11.1 Å². The number of nitrogens with zero attached hydrogens (tertiary/aromatic N) is 3. The van der Waals surface area contributed by atoms with Crippen LogP contribution in [0.2, 0.25) is 5.02 Å². The molecule has 0 radical (unpaired) electrons. The van der Waals surface area contributed by atoms with E-state index in [1.54, 1.807) is 16.8 Å². The zero-order valence-corrected chi connectivity index (χ0v) is 17.0. The van der Waals surface area contributed by atoms with Crippen LogP contribution in [0.1, 0.15) is 23.3 Å². The van der Waals surface area contributed by atoms with Gasteiger partial charge in [-0.1, -0.05) is 53.7 Å². The molecule has 0 N–H and O–H groups in total. The molecule has 1 unspecified atom stereocenters. The van der Waals surface area contributed by atoms with Crippen LogP contribution >= 0.6 is 23.4 Å². The molecule has 6 heteroatoms. The van der Waals surface area contributed by atoms with Gasteiger partial charge >= 0.3 is 0 Å². The number of aromatic nitrogens is 3. The maximum Gasteiger partial charge on any atom is 0.267 e. The van der Waals surface area contributed by atoms with Gasteiger partial charge in [-0.05, 0) is 55.3 Å². The molecule has 4 nitrogen and oxygen atoms in total. The predicted molar refractivity (Wildman–Crippen MR) is 116 cm³/mol. The van der Waals surface area contributed by atoms with Crippen LogP contribution in [0.25, 0.3) is 16.7 Å². The summed E-state index contributed by atoms with van der Waals surface area (Å²) in [6, 6.07) is 18.9. The number of pyridine rings is 1. The molecule has 0 saturated heterocycles. The highest BCUT2D eigenvalue weighted by molar-refractivity contribution is 7.99. The van der Waals surface area contributed by atoms with Gasteiger partial charge < -0.3 is 0 Å².